The van der Waals surface area contributed by atoms with E-state index in [1.54, 1.807) is 0 Å². The second-order valence-electron chi connectivity index (χ2n) is 3.89. The van der Waals surface area contributed by atoms with Gasteiger partial charge in [-0.15, -0.1) is 0 Å². The van der Waals surface area contributed by atoms with Crippen LogP contribution >= 0.6 is 0 Å². The number of methoxy groups -OCH3 is 1. The van der Waals surface area contributed by atoms with E-state index in [0.717, 1.165) is 4.57 Å². The minimum Gasteiger partial charge on any atom is -0.481 e. The molecule has 0 amide bonds. The maximum atomic E-state index is 11.7. The summed E-state index contributed by atoms with van der Waals surface area (Å²) in [7, 11) is 1.37. The van der Waals surface area contributed by atoms with Crippen molar-refractivity contribution in [1.82, 2.24) is 9.55 Å². The van der Waals surface area contributed by atoms with Gasteiger partial charge in [0.15, 0.2) is 6.23 Å². The number of ether oxygens (including phenoxy) is 2. The predicted molar refractivity (Wildman–Crippen MR) is 58.1 cm³/mol. The molecule has 0 aromatic carbocycles. The largest absolute Gasteiger partial charge is 0.481 e. The molecule has 1 fully saturated rings. The van der Waals surface area contributed by atoms with Crippen LogP contribution in [0.3, 0.4) is 0 Å². The van der Waals surface area contributed by atoms with Crippen LogP contribution in [0.5, 0.6) is 5.88 Å². The molecule has 2 heterocycles. The third kappa shape index (κ3) is 2.10. The molecule has 100 valence electrons. The summed E-state index contributed by atoms with van der Waals surface area (Å²) in [6, 6.07) is 1.43. The summed E-state index contributed by atoms with van der Waals surface area (Å²) >= 11 is 0. The fraction of sp³-hybridized carbons (Fsp3) is 0.600. The van der Waals surface area contributed by atoms with Crippen LogP contribution in [0.1, 0.15) is 6.23 Å². The highest BCUT2D eigenvalue weighted by atomic mass is 16.6. The smallest absolute Gasteiger partial charge is 0.353 e. The zero-order chi connectivity index (χ0) is 13.3. The lowest BCUT2D eigenvalue weighted by Gasteiger charge is -2.16. The number of hydrogen-bond acceptors (Lipinski definition) is 7. The molecule has 0 unspecified atom stereocenters. The first kappa shape index (κ1) is 13.0. The van der Waals surface area contributed by atoms with Gasteiger partial charge in [0.2, 0.25) is 5.88 Å². The minimum atomic E-state index is -1.31. The summed E-state index contributed by atoms with van der Waals surface area (Å²) in [5.41, 5.74) is -0.677. The van der Waals surface area contributed by atoms with Crippen molar-refractivity contribution in [2.75, 3.05) is 13.7 Å². The lowest BCUT2D eigenvalue weighted by atomic mass is 10.1. The third-order valence-corrected chi connectivity index (χ3v) is 2.80. The van der Waals surface area contributed by atoms with Crippen molar-refractivity contribution in [3.8, 4) is 5.88 Å². The average Bonchev–Trinajstić information content (AvgIpc) is 2.66. The van der Waals surface area contributed by atoms with Crippen molar-refractivity contribution < 1.29 is 24.8 Å². The van der Waals surface area contributed by atoms with E-state index < -0.39 is 36.8 Å². The molecule has 3 N–H and O–H groups in total. The van der Waals surface area contributed by atoms with Gasteiger partial charge in [0.05, 0.1) is 13.7 Å². The zero-order valence-corrected chi connectivity index (χ0v) is 9.63. The molecule has 1 aromatic rings. The van der Waals surface area contributed by atoms with Crippen LogP contribution in [-0.2, 0) is 4.74 Å². The third-order valence-electron chi connectivity index (χ3n) is 2.80. The van der Waals surface area contributed by atoms with E-state index in [9.17, 15) is 15.0 Å². The monoisotopic (exact) mass is 258 g/mol. The van der Waals surface area contributed by atoms with E-state index >= 15 is 0 Å². The van der Waals surface area contributed by atoms with Gasteiger partial charge in [0, 0.05) is 12.3 Å². The van der Waals surface area contributed by atoms with E-state index in [1.807, 2.05) is 0 Å². The van der Waals surface area contributed by atoms with Crippen molar-refractivity contribution in [2.24, 2.45) is 0 Å². The summed E-state index contributed by atoms with van der Waals surface area (Å²) in [4.78, 5) is 15.3. The van der Waals surface area contributed by atoms with Gasteiger partial charge in [-0.25, -0.2) is 4.79 Å². The van der Waals surface area contributed by atoms with Crippen LogP contribution in [0.4, 0.5) is 0 Å². The molecular weight excluding hydrogens is 244 g/mol. The number of hydrogen-bond donors (Lipinski definition) is 3. The Balaban J connectivity index is 2.30. The highest BCUT2D eigenvalue weighted by Crippen LogP contribution is 2.28. The van der Waals surface area contributed by atoms with Crippen LogP contribution in [0.25, 0.3) is 0 Å². The SMILES string of the molecule is COc1ccn([C@@H]2O[C@H](CO)[C@@H](O)[C@H]2O)c(=O)n1. The molecule has 0 bridgehead atoms. The van der Waals surface area contributed by atoms with Gasteiger partial charge in [-0.1, -0.05) is 0 Å². The Bertz CT molecular complexity index is 476. The fourth-order valence-corrected chi connectivity index (χ4v) is 1.81. The molecule has 0 aliphatic carbocycles. The summed E-state index contributed by atoms with van der Waals surface area (Å²) in [6.07, 6.45) is -3.24. The quantitative estimate of drug-likeness (QED) is 0.567. The molecule has 2 rings (SSSR count). The van der Waals surface area contributed by atoms with Gasteiger partial charge in [0.25, 0.3) is 0 Å². The molecule has 8 nitrogen and oxygen atoms in total. The normalized spacial score (nSPS) is 31.6. The van der Waals surface area contributed by atoms with Crippen molar-refractivity contribution in [2.45, 2.75) is 24.5 Å². The van der Waals surface area contributed by atoms with Crippen molar-refractivity contribution in [1.29, 1.82) is 0 Å². The number of nitrogens with zero attached hydrogens (tertiary/aromatic N) is 2. The van der Waals surface area contributed by atoms with E-state index in [2.05, 4.69) is 4.98 Å². The van der Waals surface area contributed by atoms with Crippen molar-refractivity contribution in [3.05, 3.63) is 22.7 Å². The Morgan fingerprint density at radius 1 is 1.50 bits per heavy atom. The van der Waals surface area contributed by atoms with Gasteiger partial charge < -0.3 is 24.8 Å². The summed E-state index contributed by atoms with van der Waals surface area (Å²) in [5.74, 6) is 0.142. The highest BCUT2D eigenvalue weighted by Gasteiger charge is 2.43. The lowest BCUT2D eigenvalue weighted by molar-refractivity contribution is -0.0550. The average molecular weight is 258 g/mol. The second kappa shape index (κ2) is 5.02. The molecule has 1 aliphatic rings. The lowest BCUT2D eigenvalue weighted by Crippen LogP contribution is -2.35. The van der Waals surface area contributed by atoms with Crippen LogP contribution < -0.4 is 10.4 Å². The molecule has 1 aliphatic heterocycles. The van der Waals surface area contributed by atoms with E-state index in [-0.39, 0.29) is 5.88 Å². The maximum Gasteiger partial charge on any atom is 0.353 e. The van der Waals surface area contributed by atoms with Crippen LogP contribution in [0.15, 0.2) is 17.1 Å². The van der Waals surface area contributed by atoms with Gasteiger partial charge in [0.1, 0.15) is 18.3 Å². The standard InChI is InChI=1S/C10H14N2O6/c1-17-6-2-3-12(10(16)11-6)9-8(15)7(14)5(4-13)18-9/h2-3,5,7-9,13-15H,4H2,1H3/t5-,7-,8-,9-/m1/s1. The van der Waals surface area contributed by atoms with Crippen molar-refractivity contribution in [3.63, 3.8) is 0 Å². The maximum absolute atomic E-state index is 11.7. The Labute approximate surface area is 102 Å². The highest BCUT2D eigenvalue weighted by molar-refractivity contribution is 5.06. The number of rotatable bonds is 3. The molecule has 0 saturated carbocycles. The predicted octanol–water partition coefficient (Wildman–Crippen LogP) is -2.14. The first-order chi connectivity index (χ1) is 8.58. The molecule has 4 atom stereocenters. The Kier molecular flexibility index (Phi) is 3.62. The number of aliphatic hydroxyl groups excluding tert-OH is 3. The van der Waals surface area contributed by atoms with E-state index in [0.29, 0.717) is 0 Å². The van der Waals surface area contributed by atoms with Crippen LogP contribution in [0.2, 0.25) is 0 Å². The topological polar surface area (TPSA) is 114 Å². The molecular formula is C10H14N2O6. The van der Waals surface area contributed by atoms with Gasteiger partial charge in [-0.3, -0.25) is 4.57 Å². The molecule has 0 spiro atoms. The van der Waals surface area contributed by atoms with Gasteiger partial charge in [-0.2, -0.15) is 4.98 Å². The molecule has 1 aromatic heterocycles. The zero-order valence-electron chi connectivity index (χ0n) is 9.63. The molecule has 18 heavy (non-hydrogen) atoms. The van der Waals surface area contributed by atoms with E-state index in [1.165, 1.54) is 19.4 Å². The first-order valence-corrected chi connectivity index (χ1v) is 5.34. The number of aromatic nitrogens is 2. The minimum absolute atomic E-state index is 0.142. The summed E-state index contributed by atoms with van der Waals surface area (Å²) in [5, 5.41) is 28.3. The van der Waals surface area contributed by atoms with Gasteiger partial charge >= 0.3 is 5.69 Å². The summed E-state index contributed by atoms with van der Waals surface area (Å²) in [6.45, 7) is -0.451. The Morgan fingerprint density at radius 3 is 2.72 bits per heavy atom. The Morgan fingerprint density at radius 2 is 2.22 bits per heavy atom. The van der Waals surface area contributed by atoms with Crippen molar-refractivity contribution >= 4 is 0 Å². The summed E-state index contributed by atoms with van der Waals surface area (Å²) < 4.78 is 11.0. The first-order valence-electron chi connectivity index (χ1n) is 5.34. The molecule has 1 saturated heterocycles. The Hall–Kier alpha value is -1.48. The number of aliphatic hydroxyl groups is 3. The van der Waals surface area contributed by atoms with Crippen LogP contribution in [-0.4, -0.2) is 56.9 Å². The van der Waals surface area contributed by atoms with E-state index in [4.69, 9.17) is 14.6 Å². The van der Waals surface area contributed by atoms with Gasteiger partial charge in [-0.05, 0) is 0 Å². The fourth-order valence-electron chi connectivity index (χ4n) is 1.81. The second-order valence-corrected chi connectivity index (χ2v) is 3.89. The molecule has 8 heteroatoms. The molecule has 0 radical (unpaired) electrons. The van der Waals surface area contributed by atoms with Crippen LogP contribution in [0, 0.1) is 0 Å².